The van der Waals surface area contributed by atoms with E-state index in [1.807, 2.05) is 18.2 Å². The van der Waals surface area contributed by atoms with Crippen molar-refractivity contribution < 1.29 is 19.1 Å². The van der Waals surface area contributed by atoms with Crippen molar-refractivity contribution in [3.05, 3.63) is 23.8 Å². The van der Waals surface area contributed by atoms with Crippen LogP contribution in [0.15, 0.2) is 18.2 Å². The van der Waals surface area contributed by atoms with Crippen LogP contribution in [0.5, 0.6) is 11.5 Å². The number of rotatable bonds is 6. The minimum atomic E-state index is -1.69. The average molecular weight is 282 g/mol. The van der Waals surface area contributed by atoms with Crippen LogP contribution in [0.2, 0.25) is 19.6 Å². The Morgan fingerprint density at radius 2 is 1.95 bits per heavy atom. The van der Waals surface area contributed by atoms with Gasteiger partial charge < -0.3 is 14.3 Å². The first-order chi connectivity index (χ1) is 8.73. The molecule has 1 N–H and O–H groups in total. The van der Waals surface area contributed by atoms with E-state index in [1.54, 1.807) is 14.0 Å². The van der Waals surface area contributed by atoms with Crippen molar-refractivity contribution in [2.75, 3.05) is 7.11 Å². The number of aliphatic carboxylic acids is 1. The van der Waals surface area contributed by atoms with Crippen LogP contribution in [-0.4, -0.2) is 26.5 Å². The second-order valence-electron chi connectivity index (χ2n) is 5.64. The molecule has 0 saturated heterocycles. The molecule has 1 aromatic rings. The molecule has 0 bridgehead atoms. The molecule has 0 heterocycles. The predicted molar refractivity (Wildman–Crippen MR) is 77.5 cm³/mol. The van der Waals surface area contributed by atoms with Gasteiger partial charge in [-0.25, -0.2) is 0 Å². The summed E-state index contributed by atoms with van der Waals surface area (Å²) in [5.41, 5.74) is 0.940. The van der Waals surface area contributed by atoms with E-state index in [2.05, 4.69) is 19.6 Å². The van der Waals surface area contributed by atoms with Gasteiger partial charge >= 0.3 is 5.97 Å². The molecular formula is C14H22O4Si. The Labute approximate surface area is 115 Å². The number of benzene rings is 1. The molecule has 0 aromatic heterocycles. The number of ether oxygens (including phenoxy) is 1. The maximum atomic E-state index is 10.9. The van der Waals surface area contributed by atoms with Crippen LogP contribution < -0.4 is 9.16 Å². The van der Waals surface area contributed by atoms with Crippen molar-refractivity contribution in [3.8, 4) is 11.5 Å². The Balaban J connectivity index is 2.93. The average Bonchev–Trinajstić information content (AvgIpc) is 2.29. The van der Waals surface area contributed by atoms with Gasteiger partial charge in [0.15, 0.2) is 5.75 Å². The minimum Gasteiger partial charge on any atom is -0.542 e. The van der Waals surface area contributed by atoms with Gasteiger partial charge in [0.05, 0.1) is 13.0 Å². The van der Waals surface area contributed by atoms with Crippen molar-refractivity contribution in [2.24, 2.45) is 5.92 Å². The second-order valence-corrected chi connectivity index (χ2v) is 10.1. The summed E-state index contributed by atoms with van der Waals surface area (Å²) in [6.45, 7) is 8.01. The summed E-state index contributed by atoms with van der Waals surface area (Å²) in [5, 5.41) is 8.93. The Morgan fingerprint density at radius 3 is 2.42 bits per heavy atom. The molecule has 5 heteroatoms. The van der Waals surface area contributed by atoms with Crippen molar-refractivity contribution in [1.82, 2.24) is 0 Å². The molecule has 1 unspecified atom stereocenters. The molecule has 0 radical (unpaired) electrons. The number of hydrogen-bond acceptors (Lipinski definition) is 3. The molecule has 0 saturated carbocycles. The van der Waals surface area contributed by atoms with E-state index < -0.39 is 20.2 Å². The normalized spacial score (nSPS) is 12.9. The number of hydrogen-bond donors (Lipinski definition) is 1. The van der Waals surface area contributed by atoms with Crippen molar-refractivity contribution in [1.29, 1.82) is 0 Å². The summed E-state index contributed by atoms with van der Waals surface area (Å²) in [6.07, 6.45) is 0.485. The van der Waals surface area contributed by atoms with Crippen LogP contribution in [0.4, 0.5) is 0 Å². The maximum Gasteiger partial charge on any atom is 0.306 e. The highest BCUT2D eigenvalue weighted by Crippen LogP contribution is 2.31. The molecule has 4 nitrogen and oxygen atoms in total. The third kappa shape index (κ3) is 4.94. The Morgan fingerprint density at radius 1 is 1.32 bits per heavy atom. The van der Waals surface area contributed by atoms with Crippen molar-refractivity contribution in [2.45, 2.75) is 33.0 Å². The molecule has 106 valence electrons. The van der Waals surface area contributed by atoms with Gasteiger partial charge in [-0.05, 0) is 43.8 Å². The molecule has 19 heavy (non-hydrogen) atoms. The molecule has 1 rings (SSSR count). The Hall–Kier alpha value is -1.49. The molecule has 0 aliphatic carbocycles. The van der Waals surface area contributed by atoms with Gasteiger partial charge in [0.2, 0.25) is 8.32 Å². The number of carboxylic acid groups (broad SMARTS) is 1. The van der Waals surface area contributed by atoms with E-state index in [9.17, 15) is 4.79 Å². The lowest BCUT2D eigenvalue weighted by atomic mass is 10.0. The summed E-state index contributed by atoms with van der Waals surface area (Å²) in [7, 11) is -0.0930. The second kappa shape index (κ2) is 6.10. The first kappa shape index (κ1) is 15.6. The molecule has 0 spiro atoms. The minimum absolute atomic E-state index is 0.409. The lowest BCUT2D eigenvalue weighted by molar-refractivity contribution is -0.141. The molecule has 0 fully saturated rings. The fourth-order valence-electron chi connectivity index (χ4n) is 1.69. The highest BCUT2D eigenvalue weighted by atomic mass is 28.4. The largest absolute Gasteiger partial charge is 0.542 e. The van der Waals surface area contributed by atoms with E-state index >= 15 is 0 Å². The molecule has 0 amide bonds. The monoisotopic (exact) mass is 282 g/mol. The standard InChI is InChI=1S/C14H22O4Si/c1-10(14(15)16)8-11-6-7-12(13(9-11)17-2)18-19(3,4)5/h6-7,9-10H,8H2,1-5H3,(H,15,16). The topological polar surface area (TPSA) is 55.8 Å². The van der Waals surface area contributed by atoms with Crippen LogP contribution >= 0.6 is 0 Å². The first-order valence-electron chi connectivity index (χ1n) is 6.31. The van der Waals surface area contributed by atoms with E-state index in [0.717, 1.165) is 11.3 Å². The van der Waals surface area contributed by atoms with Crippen LogP contribution in [0, 0.1) is 5.92 Å². The lowest BCUT2D eigenvalue weighted by Gasteiger charge is -2.21. The van der Waals surface area contributed by atoms with Crippen LogP contribution in [0.3, 0.4) is 0 Å². The van der Waals surface area contributed by atoms with Gasteiger partial charge in [0.25, 0.3) is 0 Å². The third-order valence-electron chi connectivity index (χ3n) is 2.61. The van der Waals surface area contributed by atoms with E-state index in [0.29, 0.717) is 12.2 Å². The van der Waals surface area contributed by atoms with Gasteiger partial charge in [-0.3, -0.25) is 4.79 Å². The van der Waals surface area contributed by atoms with Gasteiger partial charge in [-0.15, -0.1) is 0 Å². The molecule has 0 aliphatic rings. The van der Waals surface area contributed by atoms with E-state index in [-0.39, 0.29) is 0 Å². The van der Waals surface area contributed by atoms with Crippen LogP contribution in [0.1, 0.15) is 12.5 Å². The van der Waals surface area contributed by atoms with Crippen LogP contribution in [0.25, 0.3) is 0 Å². The quantitative estimate of drug-likeness (QED) is 0.814. The van der Waals surface area contributed by atoms with Gasteiger partial charge in [0.1, 0.15) is 5.75 Å². The fourth-order valence-corrected chi connectivity index (χ4v) is 2.52. The molecular weight excluding hydrogens is 260 g/mol. The first-order valence-corrected chi connectivity index (χ1v) is 9.72. The zero-order valence-corrected chi connectivity index (χ0v) is 13.2. The predicted octanol–water partition coefficient (Wildman–Crippen LogP) is 3.17. The molecule has 1 aromatic carbocycles. The van der Waals surface area contributed by atoms with Gasteiger partial charge in [-0.2, -0.15) is 0 Å². The van der Waals surface area contributed by atoms with Crippen molar-refractivity contribution in [3.63, 3.8) is 0 Å². The number of carbonyl (C=O) groups is 1. The van der Waals surface area contributed by atoms with Gasteiger partial charge in [-0.1, -0.05) is 13.0 Å². The summed E-state index contributed by atoms with van der Waals surface area (Å²) < 4.78 is 11.3. The maximum absolute atomic E-state index is 10.9. The Kier molecular flexibility index (Phi) is 5.00. The van der Waals surface area contributed by atoms with E-state index in [4.69, 9.17) is 14.3 Å². The molecule has 1 atom stereocenters. The molecule has 0 aliphatic heterocycles. The zero-order valence-electron chi connectivity index (χ0n) is 12.2. The number of carboxylic acids is 1. The zero-order chi connectivity index (χ0) is 14.6. The van der Waals surface area contributed by atoms with E-state index in [1.165, 1.54) is 0 Å². The fraction of sp³-hybridized carbons (Fsp3) is 0.500. The van der Waals surface area contributed by atoms with Crippen molar-refractivity contribution >= 4 is 14.3 Å². The number of methoxy groups -OCH3 is 1. The summed E-state index contributed by atoms with van der Waals surface area (Å²) in [6, 6.07) is 5.62. The summed E-state index contributed by atoms with van der Waals surface area (Å²) in [4.78, 5) is 10.9. The van der Waals surface area contributed by atoms with Gasteiger partial charge in [0, 0.05) is 0 Å². The summed E-state index contributed by atoms with van der Waals surface area (Å²) in [5.74, 6) is 0.195. The third-order valence-corrected chi connectivity index (χ3v) is 3.44. The highest BCUT2D eigenvalue weighted by Gasteiger charge is 2.19. The van der Waals surface area contributed by atoms with Crippen LogP contribution in [-0.2, 0) is 11.2 Å². The summed E-state index contributed by atoms with van der Waals surface area (Å²) >= 11 is 0. The highest BCUT2D eigenvalue weighted by molar-refractivity contribution is 6.70. The SMILES string of the molecule is COc1cc(CC(C)C(=O)O)ccc1O[Si](C)(C)C. The lowest BCUT2D eigenvalue weighted by Crippen LogP contribution is -2.29. The Bertz CT molecular complexity index is 451. The smallest absolute Gasteiger partial charge is 0.306 e.